The van der Waals surface area contributed by atoms with Crippen molar-refractivity contribution in [2.45, 2.75) is 44.4 Å². The molecule has 0 saturated carbocycles. The lowest BCUT2D eigenvalue weighted by atomic mass is 9.77. The monoisotopic (exact) mass is 820 g/mol. The van der Waals surface area contributed by atoms with E-state index < -0.39 is 0 Å². The van der Waals surface area contributed by atoms with Gasteiger partial charge in [-0.15, -0.1) is 0 Å². The number of benzene rings is 6. The van der Waals surface area contributed by atoms with Gasteiger partial charge < -0.3 is 20.1 Å². The van der Waals surface area contributed by atoms with Crippen LogP contribution >= 0.6 is 0 Å². The Bertz CT molecular complexity index is 2890. The maximum Gasteiger partial charge on any atom is 0.223 e. The predicted octanol–water partition coefficient (Wildman–Crippen LogP) is 11.1. The first-order chi connectivity index (χ1) is 30.5. The molecule has 2 aromatic heterocycles. The first kappa shape index (κ1) is 38.7. The van der Waals surface area contributed by atoms with E-state index in [4.69, 9.17) is 19.4 Å². The second-order valence-corrected chi connectivity index (χ2v) is 15.7. The average Bonchev–Trinajstić information content (AvgIpc) is 3.32. The lowest BCUT2D eigenvalue weighted by Gasteiger charge is -2.28. The van der Waals surface area contributed by atoms with E-state index in [1.807, 2.05) is 109 Å². The molecule has 0 radical (unpaired) electrons. The highest BCUT2D eigenvalue weighted by Crippen LogP contribution is 2.44. The summed E-state index contributed by atoms with van der Waals surface area (Å²) in [5, 5.41) is 6.72. The number of methoxy groups -OCH3 is 1. The van der Waals surface area contributed by atoms with E-state index in [9.17, 15) is 4.39 Å². The first-order valence-corrected chi connectivity index (χ1v) is 20.7. The quantitative estimate of drug-likeness (QED) is 0.126. The van der Waals surface area contributed by atoms with Gasteiger partial charge in [0.1, 0.15) is 29.7 Å². The number of ether oxygens (including phenoxy) is 2. The van der Waals surface area contributed by atoms with Crippen LogP contribution in [0.2, 0.25) is 0 Å². The molecule has 2 unspecified atom stereocenters. The van der Waals surface area contributed by atoms with Gasteiger partial charge in [0.05, 0.1) is 18.5 Å². The predicted molar refractivity (Wildman–Crippen MR) is 237 cm³/mol. The summed E-state index contributed by atoms with van der Waals surface area (Å²) in [5.74, 6) is 1.90. The summed E-state index contributed by atoms with van der Waals surface area (Å²) in [7, 11) is 1.65. The van der Waals surface area contributed by atoms with Crippen LogP contribution in [0.1, 0.15) is 61.9 Å². The fourth-order valence-electron chi connectivity index (χ4n) is 8.66. The topological polar surface area (TPSA) is 94.1 Å². The second kappa shape index (κ2) is 16.9. The Morgan fingerprint density at radius 3 is 1.69 bits per heavy atom. The van der Waals surface area contributed by atoms with Crippen LogP contribution in [0.5, 0.6) is 11.5 Å². The van der Waals surface area contributed by atoms with Crippen LogP contribution < -0.4 is 20.1 Å². The van der Waals surface area contributed by atoms with E-state index in [1.165, 1.54) is 17.7 Å². The Labute approximate surface area is 358 Å². The van der Waals surface area contributed by atoms with Crippen molar-refractivity contribution in [3.8, 4) is 34.0 Å². The second-order valence-electron chi connectivity index (χ2n) is 15.7. The number of nitrogens with zero attached hydrogens (tertiary/aromatic N) is 4. The van der Waals surface area contributed by atoms with Gasteiger partial charge in [-0.1, -0.05) is 103 Å². The molecule has 2 aliphatic carbocycles. The maximum absolute atomic E-state index is 16.5. The number of aromatic nitrogens is 4. The fraction of sp³-hybridized carbons (Fsp3) is 0.154. The summed E-state index contributed by atoms with van der Waals surface area (Å²) in [6.07, 6.45) is 5.06. The Balaban J connectivity index is 0.786. The molecule has 2 aliphatic rings. The molecule has 0 amide bonds. The highest BCUT2D eigenvalue weighted by Gasteiger charge is 2.30. The molecule has 0 saturated heterocycles. The van der Waals surface area contributed by atoms with E-state index in [-0.39, 0.29) is 30.1 Å². The molecule has 2 atom stereocenters. The number of rotatable bonds is 12. The molecule has 306 valence electrons. The SMILES string of the molecule is COc1ccc(CNc2ncc3c(n2)-c2ccccc2C(c2cccc(COc4ccc(CNc5ncc6c(n5)-c5ccccc5C(c5ccc(F)cc5)C6)cc4)c2F)C3)cc1. The van der Waals surface area contributed by atoms with Crippen molar-refractivity contribution in [2.24, 2.45) is 0 Å². The highest BCUT2D eigenvalue weighted by atomic mass is 19.1. The van der Waals surface area contributed by atoms with Crippen LogP contribution in [0.4, 0.5) is 20.7 Å². The van der Waals surface area contributed by atoms with E-state index in [1.54, 1.807) is 13.2 Å². The third-order valence-electron chi connectivity index (χ3n) is 11.9. The summed E-state index contributed by atoms with van der Waals surface area (Å²) >= 11 is 0. The fourth-order valence-corrected chi connectivity index (χ4v) is 8.66. The first-order valence-electron chi connectivity index (χ1n) is 20.7. The number of anilines is 2. The highest BCUT2D eigenvalue weighted by molar-refractivity contribution is 5.74. The third-order valence-corrected chi connectivity index (χ3v) is 11.9. The summed E-state index contributed by atoms with van der Waals surface area (Å²) in [6.45, 7) is 1.16. The number of nitrogens with one attached hydrogen (secondary N) is 2. The van der Waals surface area contributed by atoms with Crippen molar-refractivity contribution in [3.05, 3.63) is 214 Å². The zero-order valence-corrected chi connectivity index (χ0v) is 34.0. The van der Waals surface area contributed by atoms with Crippen molar-refractivity contribution < 1.29 is 18.3 Å². The molecular weight excluding hydrogens is 779 g/mol. The van der Waals surface area contributed by atoms with Crippen LogP contribution in [0.15, 0.2) is 152 Å². The summed E-state index contributed by atoms with van der Waals surface area (Å²) < 4.78 is 41.6. The minimum absolute atomic E-state index is 0.0843. The van der Waals surface area contributed by atoms with Gasteiger partial charge in [0, 0.05) is 54.0 Å². The molecule has 2 N–H and O–H groups in total. The zero-order valence-electron chi connectivity index (χ0n) is 34.0. The zero-order chi connectivity index (χ0) is 42.0. The molecule has 62 heavy (non-hydrogen) atoms. The van der Waals surface area contributed by atoms with Crippen molar-refractivity contribution in [2.75, 3.05) is 17.7 Å². The molecule has 8 aromatic rings. The molecule has 8 nitrogen and oxygen atoms in total. The van der Waals surface area contributed by atoms with Gasteiger partial charge in [-0.3, -0.25) is 0 Å². The average molecular weight is 821 g/mol. The van der Waals surface area contributed by atoms with Crippen LogP contribution in [0, 0.1) is 11.6 Å². The maximum atomic E-state index is 16.5. The number of fused-ring (bicyclic) bond motifs is 6. The molecule has 0 bridgehead atoms. The molecule has 0 aliphatic heterocycles. The smallest absolute Gasteiger partial charge is 0.223 e. The summed E-state index contributed by atoms with van der Waals surface area (Å²) in [4.78, 5) is 19.1. The van der Waals surface area contributed by atoms with Crippen molar-refractivity contribution in [1.82, 2.24) is 19.9 Å². The molecule has 10 heteroatoms. The van der Waals surface area contributed by atoms with Gasteiger partial charge >= 0.3 is 0 Å². The lowest BCUT2D eigenvalue weighted by Crippen LogP contribution is -2.17. The van der Waals surface area contributed by atoms with Crippen LogP contribution in [-0.4, -0.2) is 27.0 Å². The molecule has 0 spiro atoms. The molecule has 6 aromatic carbocycles. The third kappa shape index (κ3) is 7.83. The summed E-state index contributed by atoms with van der Waals surface area (Å²) in [6, 6.07) is 44.3. The Hall–Kier alpha value is -7.46. The van der Waals surface area contributed by atoms with Gasteiger partial charge in [0.2, 0.25) is 11.9 Å². The van der Waals surface area contributed by atoms with Crippen LogP contribution in [0.25, 0.3) is 22.5 Å². The van der Waals surface area contributed by atoms with Gasteiger partial charge in [0.25, 0.3) is 0 Å². The van der Waals surface area contributed by atoms with Gasteiger partial charge in [0.15, 0.2) is 0 Å². The number of hydrogen-bond donors (Lipinski definition) is 2. The largest absolute Gasteiger partial charge is 0.497 e. The van der Waals surface area contributed by atoms with Crippen LogP contribution in [-0.2, 0) is 32.5 Å². The number of hydrogen-bond acceptors (Lipinski definition) is 8. The summed E-state index contributed by atoms with van der Waals surface area (Å²) in [5.41, 5.74) is 12.3. The minimum Gasteiger partial charge on any atom is -0.497 e. The molecule has 0 fully saturated rings. The lowest BCUT2D eigenvalue weighted by molar-refractivity contribution is 0.299. The van der Waals surface area contributed by atoms with Crippen LogP contribution in [0.3, 0.4) is 0 Å². The van der Waals surface area contributed by atoms with Crippen molar-refractivity contribution >= 4 is 11.9 Å². The standard InChI is InChI=1S/C52H42F2N6O2/c1-61-39-21-13-32(14-22-39)27-55-52-58-30-37-26-47(42-9-3-5-11-45(42)50(37)60-52)43-12-6-7-35(48(43)54)31-62-40-23-15-33(16-24-40)28-56-51-57-29-36-25-46(34-17-19-38(53)20-18-34)41-8-2-4-10-44(41)49(36)59-51/h2-24,29-30,46-47H,25-28,31H2,1H3,(H,55,58,60)(H,56,57,59). The van der Waals surface area contributed by atoms with Crippen molar-refractivity contribution in [3.63, 3.8) is 0 Å². The molecule has 2 heterocycles. The van der Waals surface area contributed by atoms with E-state index >= 15 is 4.39 Å². The normalized spacial score (nSPS) is 14.8. The van der Waals surface area contributed by atoms with E-state index in [2.05, 4.69) is 44.9 Å². The Morgan fingerprint density at radius 2 is 1.10 bits per heavy atom. The number of halogens is 2. The van der Waals surface area contributed by atoms with Gasteiger partial charge in [-0.05, 0) is 93.7 Å². The van der Waals surface area contributed by atoms with E-state index in [0.717, 1.165) is 68.1 Å². The van der Waals surface area contributed by atoms with Crippen molar-refractivity contribution in [1.29, 1.82) is 0 Å². The molecule has 10 rings (SSSR count). The van der Waals surface area contributed by atoms with E-state index in [0.29, 0.717) is 48.3 Å². The Morgan fingerprint density at radius 1 is 0.565 bits per heavy atom. The van der Waals surface area contributed by atoms with Gasteiger partial charge in [-0.2, -0.15) is 0 Å². The van der Waals surface area contributed by atoms with Gasteiger partial charge in [-0.25, -0.2) is 28.7 Å². The molecular formula is C52H42F2N6O2. The Kier molecular flexibility index (Phi) is 10.5. The minimum atomic E-state index is -0.270.